The molecule has 0 radical (unpaired) electrons. The van der Waals surface area contributed by atoms with Gasteiger partial charge in [0.05, 0.1) is 6.61 Å². The van der Waals surface area contributed by atoms with Crippen molar-refractivity contribution in [3.8, 4) is 5.75 Å². The molecule has 1 aromatic carbocycles. The monoisotopic (exact) mass is 481 g/mol. The van der Waals surface area contributed by atoms with Gasteiger partial charge < -0.3 is 19.9 Å². The van der Waals surface area contributed by atoms with E-state index in [4.69, 9.17) is 4.74 Å². The molecule has 0 saturated carbocycles. The first-order valence-corrected chi connectivity index (χ1v) is 9.14. The Labute approximate surface area is 178 Å². The van der Waals surface area contributed by atoms with Crippen LogP contribution in [0.3, 0.4) is 0 Å². The van der Waals surface area contributed by atoms with Crippen molar-refractivity contribution in [2.75, 3.05) is 44.7 Å². The highest BCUT2D eigenvalue weighted by molar-refractivity contribution is 14.0. The zero-order chi connectivity index (χ0) is 18.2. The number of anilines is 1. The molecule has 1 aliphatic rings. The molecule has 3 rings (SSSR count). The van der Waals surface area contributed by atoms with Gasteiger partial charge in [-0.2, -0.15) is 0 Å². The van der Waals surface area contributed by atoms with Crippen LogP contribution < -0.4 is 15.0 Å². The molecular formula is C20H28IN5O. The molecule has 1 fully saturated rings. The van der Waals surface area contributed by atoms with Gasteiger partial charge in [-0.3, -0.25) is 4.99 Å². The van der Waals surface area contributed by atoms with E-state index in [2.05, 4.69) is 37.2 Å². The van der Waals surface area contributed by atoms with E-state index in [1.165, 1.54) is 0 Å². The largest absolute Gasteiger partial charge is 0.494 e. The van der Waals surface area contributed by atoms with Gasteiger partial charge in [0.2, 0.25) is 0 Å². The van der Waals surface area contributed by atoms with Gasteiger partial charge in [-0.05, 0) is 25.1 Å². The molecule has 27 heavy (non-hydrogen) atoms. The summed E-state index contributed by atoms with van der Waals surface area (Å²) in [6.07, 6.45) is 1.85. The van der Waals surface area contributed by atoms with E-state index in [1.807, 2.05) is 50.5 Å². The number of halogens is 1. The SMILES string of the molecule is CCOc1ccccc1CNC(=NC)N1CCN(c2ccccn2)CC1.I. The van der Waals surface area contributed by atoms with Crippen LogP contribution in [-0.4, -0.2) is 55.7 Å². The fraction of sp³-hybridized carbons (Fsp3) is 0.400. The molecule has 2 heterocycles. The summed E-state index contributed by atoms with van der Waals surface area (Å²) in [6.45, 7) is 7.09. The fourth-order valence-corrected chi connectivity index (χ4v) is 3.14. The first kappa shape index (κ1) is 21.3. The van der Waals surface area contributed by atoms with E-state index in [1.54, 1.807) is 0 Å². The van der Waals surface area contributed by atoms with Crippen molar-refractivity contribution in [1.29, 1.82) is 0 Å². The van der Waals surface area contributed by atoms with Crippen LogP contribution in [0.5, 0.6) is 5.75 Å². The maximum Gasteiger partial charge on any atom is 0.194 e. The number of nitrogens with one attached hydrogen (secondary N) is 1. The second-order valence-electron chi connectivity index (χ2n) is 6.10. The van der Waals surface area contributed by atoms with Gasteiger partial charge in [0.15, 0.2) is 5.96 Å². The molecule has 0 spiro atoms. The zero-order valence-corrected chi connectivity index (χ0v) is 18.3. The molecule has 1 aliphatic heterocycles. The summed E-state index contributed by atoms with van der Waals surface area (Å²) in [5.41, 5.74) is 1.14. The van der Waals surface area contributed by atoms with Crippen LogP contribution in [0.4, 0.5) is 5.82 Å². The number of aliphatic imine (C=N–C) groups is 1. The summed E-state index contributed by atoms with van der Waals surface area (Å²) in [4.78, 5) is 13.5. The number of hydrogen-bond acceptors (Lipinski definition) is 4. The summed E-state index contributed by atoms with van der Waals surface area (Å²) in [7, 11) is 1.84. The lowest BCUT2D eigenvalue weighted by Gasteiger charge is -2.37. The van der Waals surface area contributed by atoms with Crippen LogP contribution in [0, 0.1) is 0 Å². The molecule has 6 nitrogen and oxygen atoms in total. The third-order valence-electron chi connectivity index (χ3n) is 4.47. The number of piperazine rings is 1. The highest BCUT2D eigenvalue weighted by Crippen LogP contribution is 2.18. The van der Waals surface area contributed by atoms with Gasteiger partial charge >= 0.3 is 0 Å². The van der Waals surface area contributed by atoms with E-state index < -0.39 is 0 Å². The molecule has 0 aliphatic carbocycles. The quantitative estimate of drug-likeness (QED) is 0.405. The number of pyridine rings is 1. The minimum Gasteiger partial charge on any atom is -0.494 e. The highest BCUT2D eigenvalue weighted by Gasteiger charge is 2.20. The van der Waals surface area contributed by atoms with Gasteiger partial charge in [0.25, 0.3) is 0 Å². The van der Waals surface area contributed by atoms with Crippen LogP contribution >= 0.6 is 24.0 Å². The standard InChI is InChI=1S/C20H27N5O.HI/c1-3-26-18-9-5-4-8-17(18)16-23-20(21-2)25-14-12-24(13-15-25)19-10-6-7-11-22-19;/h4-11H,3,12-16H2,1-2H3,(H,21,23);1H. The van der Waals surface area contributed by atoms with Crippen molar-refractivity contribution in [3.05, 3.63) is 54.2 Å². The Morgan fingerprint density at radius 1 is 1.11 bits per heavy atom. The minimum atomic E-state index is 0. The van der Waals surface area contributed by atoms with Crippen molar-refractivity contribution in [1.82, 2.24) is 15.2 Å². The van der Waals surface area contributed by atoms with Crippen molar-refractivity contribution in [3.63, 3.8) is 0 Å². The Hall–Kier alpha value is -2.03. The van der Waals surface area contributed by atoms with E-state index in [-0.39, 0.29) is 24.0 Å². The van der Waals surface area contributed by atoms with Crippen molar-refractivity contribution >= 4 is 35.8 Å². The molecule has 1 aromatic heterocycles. The van der Waals surface area contributed by atoms with Crippen LogP contribution in [0.2, 0.25) is 0 Å². The van der Waals surface area contributed by atoms with Gasteiger partial charge in [-0.15, -0.1) is 24.0 Å². The topological polar surface area (TPSA) is 53.0 Å². The number of aromatic nitrogens is 1. The molecule has 0 atom stereocenters. The van der Waals surface area contributed by atoms with Crippen LogP contribution in [0.25, 0.3) is 0 Å². The Morgan fingerprint density at radius 2 is 1.85 bits per heavy atom. The number of hydrogen-bond donors (Lipinski definition) is 1. The van der Waals surface area contributed by atoms with Crippen LogP contribution in [0.15, 0.2) is 53.7 Å². The third-order valence-corrected chi connectivity index (χ3v) is 4.47. The first-order valence-electron chi connectivity index (χ1n) is 9.14. The van der Waals surface area contributed by atoms with Crippen LogP contribution in [0.1, 0.15) is 12.5 Å². The Kier molecular flexibility index (Phi) is 8.63. The van der Waals surface area contributed by atoms with Gasteiger partial charge in [0.1, 0.15) is 11.6 Å². The smallest absolute Gasteiger partial charge is 0.194 e. The summed E-state index contributed by atoms with van der Waals surface area (Å²) in [6, 6.07) is 14.2. The number of rotatable bonds is 5. The van der Waals surface area contributed by atoms with E-state index >= 15 is 0 Å². The lowest BCUT2D eigenvalue weighted by Crippen LogP contribution is -2.52. The second-order valence-corrected chi connectivity index (χ2v) is 6.10. The maximum atomic E-state index is 5.70. The number of ether oxygens (including phenoxy) is 1. The predicted molar refractivity (Wildman–Crippen MR) is 121 cm³/mol. The lowest BCUT2D eigenvalue weighted by molar-refractivity contribution is 0.335. The Balaban J connectivity index is 0.00000261. The molecule has 146 valence electrons. The van der Waals surface area contributed by atoms with Crippen LogP contribution in [-0.2, 0) is 6.54 Å². The average Bonchev–Trinajstić information content (AvgIpc) is 2.71. The zero-order valence-electron chi connectivity index (χ0n) is 16.0. The molecule has 1 N–H and O–H groups in total. The van der Waals surface area contributed by atoms with Crippen molar-refractivity contribution < 1.29 is 4.74 Å². The molecule has 7 heteroatoms. The molecule has 1 saturated heterocycles. The number of para-hydroxylation sites is 1. The average molecular weight is 481 g/mol. The normalized spacial score (nSPS) is 14.5. The first-order chi connectivity index (χ1) is 12.8. The van der Waals surface area contributed by atoms with E-state index in [9.17, 15) is 0 Å². The summed E-state index contributed by atoms with van der Waals surface area (Å²) in [5, 5.41) is 3.47. The van der Waals surface area contributed by atoms with Gasteiger partial charge in [-0.1, -0.05) is 24.3 Å². The minimum absolute atomic E-state index is 0. The van der Waals surface area contributed by atoms with E-state index in [0.29, 0.717) is 13.2 Å². The number of nitrogens with zero attached hydrogens (tertiary/aromatic N) is 4. The maximum absolute atomic E-state index is 5.70. The summed E-state index contributed by atoms with van der Waals surface area (Å²) < 4.78 is 5.70. The summed E-state index contributed by atoms with van der Waals surface area (Å²) in [5.74, 6) is 2.90. The van der Waals surface area contributed by atoms with Crippen molar-refractivity contribution in [2.24, 2.45) is 4.99 Å². The molecule has 0 amide bonds. The predicted octanol–water partition coefficient (Wildman–Crippen LogP) is 3.00. The second kappa shape index (κ2) is 11.0. The Bertz CT molecular complexity index is 717. The number of guanidine groups is 1. The Morgan fingerprint density at radius 3 is 2.52 bits per heavy atom. The number of benzene rings is 1. The molecule has 0 bridgehead atoms. The molecule has 0 unspecified atom stereocenters. The van der Waals surface area contributed by atoms with Crippen molar-refractivity contribution in [2.45, 2.75) is 13.5 Å². The fourth-order valence-electron chi connectivity index (χ4n) is 3.14. The summed E-state index contributed by atoms with van der Waals surface area (Å²) >= 11 is 0. The third kappa shape index (κ3) is 5.72. The molecular weight excluding hydrogens is 453 g/mol. The van der Waals surface area contributed by atoms with E-state index in [0.717, 1.165) is 49.3 Å². The lowest BCUT2D eigenvalue weighted by atomic mass is 10.2. The highest BCUT2D eigenvalue weighted by atomic mass is 127. The molecule has 2 aromatic rings. The van der Waals surface area contributed by atoms with Gasteiger partial charge in [0, 0.05) is 51.5 Å². The van der Waals surface area contributed by atoms with Gasteiger partial charge in [-0.25, -0.2) is 4.98 Å².